The van der Waals surface area contributed by atoms with Crippen molar-refractivity contribution in [2.45, 2.75) is 38.5 Å². The molecule has 5 nitrogen and oxygen atoms in total. The fourth-order valence-corrected chi connectivity index (χ4v) is 3.85. The molecule has 1 aliphatic rings. The number of amides is 1. The average Bonchev–Trinajstić information content (AvgIpc) is 2.39. The third-order valence-corrected chi connectivity index (χ3v) is 6.02. The van der Waals surface area contributed by atoms with E-state index in [4.69, 9.17) is 0 Å². The summed E-state index contributed by atoms with van der Waals surface area (Å²) in [7, 11) is -3.62. The molecule has 6 heteroatoms. The van der Waals surface area contributed by atoms with Gasteiger partial charge < -0.3 is 5.32 Å². The van der Waals surface area contributed by atoms with Gasteiger partial charge in [0, 0.05) is 6.04 Å². The maximum atomic E-state index is 12.3. The molecular formula is C14H20N2O3S. The molecule has 2 rings (SSSR count). The molecule has 0 aromatic heterocycles. The molecule has 1 heterocycles. The minimum atomic E-state index is -3.62. The first kappa shape index (κ1) is 15.0. The van der Waals surface area contributed by atoms with Gasteiger partial charge in [0.2, 0.25) is 0 Å². The number of para-hydroxylation sites is 1. The van der Waals surface area contributed by atoms with Gasteiger partial charge in [0.1, 0.15) is 0 Å². The summed E-state index contributed by atoms with van der Waals surface area (Å²) >= 11 is 0. The van der Waals surface area contributed by atoms with Crippen molar-refractivity contribution in [1.82, 2.24) is 5.32 Å². The van der Waals surface area contributed by atoms with Gasteiger partial charge in [-0.1, -0.05) is 25.1 Å². The van der Waals surface area contributed by atoms with Crippen molar-refractivity contribution in [1.29, 1.82) is 0 Å². The number of anilines is 1. The van der Waals surface area contributed by atoms with E-state index in [1.807, 2.05) is 26.0 Å². The van der Waals surface area contributed by atoms with E-state index in [1.165, 1.54) is 13.8 Å². The molecule has 1 aromatic rings. The largest absolute Gasteiger partial charge is 0.310 e. The normalized spacial score (nSPS) is 21.4. The molecule has 1 saturated heterocycles. The quantitative estimate of drug-likeness (QED) is 0.920. The number of nitrogens with zero attached hydrogens (tertiary/aromatic N) is 1. The van der Waals surface area contributed by atoms with Crippen LogP contribution in [-0.2, 0) is 14.8 Å². The van der Waals surface area contributed by atoms with Crippen LogP contribution in [0, 0.1) is 0 Å². The first-order valence-electron chi connectivity index (χ1n) is 6.66. The van der Waals surface area contributed by atoms with E-state index in [2.05, 4.69) is 5.32 Å². The maximum absolute atomic E-state index is 12.3. The highest BCUT2D eigenvalue weighted by Gasteiger charge is 2.61. The Morgan fingerprint density at radius 3 is 2.45 bits per heavy atom. The zero-order chi connectivity index (χ0) is 15.1. The molecule has 20 heavy (non-hydrogen) atoms. The summed E-state index contributed by atoms with van der Waals surface area (Å²) in [4.78, 5) is 12.2. The number of benzene rings is 1. The predicted octanol–water partition coefficient (Wildman–Crippen LogP) is 1.81. The van der Waals surface area contributed by atoms with Crippen LogP contribution in [-0.4, -0.2) is 25.6 Å². The minimum absolute atomic E-state index is 0.0251. The highest BCUT2D eigenvalue weighted by atomic mass is 32.2. The van der Waals surface area contributed by atoms with Crippen LogP contribution in [0.1, 0.15) is 39.3 Å². The molecule has 0 spiro atoms. The van der Waals surface area contributed by atoms with Gasteiger partial charge in [-0.2, -0.15) is 0 Å². The number of hydrogen-bond donors (Lipinski definition) is 1. The fraction of sp³-hybridized carbons (Fsp3) is 0.500. The second-order valence-corrected chi connectivity index (χ2v) is 7.76. The Labute approximate surface area is 120 Å². The molecule has 1 N–H and O–H groups in total. The summed E-state index contributed by atoms with van der Waals surface area (Å²) < 4.78 is 24.2. The lowest BCUT2D eigenvalue weighted by molar-refractivity contribution is -0.120. The van der Waals surface area contributed by atoms with Crippen LogP contribution in [0.15, 0.2) is 24.3 Å². The summed E-state index contributed by atoms with van der Waals surface area (Å²) in [6, 6.07) is 7.08. The third-order valence-electron chi connectivity index (χ3n) is 3.72. The molecule has 1 amide bonds. The van der Waals surface area contributed by atoms with Crippen LogP contribution in [0.4, 0.5) is 5.69 Å². The topological polar surface area (TPSA) is 66.5 Å². The molecule has 0 radical (unpaired) electrons. The van der Waals surface area contributed by atoms with Crippen molar-refractivity contribution in [3.8, 4) is 0 Å². The minimum Gasteiger partial charge on any atom is -0.310 e. The smallest absolute Gasteiger partial charge is 0.263 e. The summed E-state index contributed by atoms with van der Waals surface area (Å²) in [5, 5.41) is 3.24. The standard InChI is InChI=1S/C14H20N2O3S/c1-5-15-10(2)11-8-6-7-9-12(11)16-13(17)14(3,4)20(16,18)19/h6-10,15H,5H2,1-4H3. The van der Waals surface area contributed by atoms with Gasteiger partial charge >= 0.3 is 0 Å². The van der Waals surface area contributed by atoms with Crippen molar-refractivity contribution in [3.63, 3.8) is 0 Å². The summed E-state index contributed by atoms with van der Waals surface area (Å²) in [6.45, 7) is 7.58. The lowest BCUT2D eigenvalue weighted by Gasteiger charge is -2.43. The van der Waals surface area contributed by atoms with Crippen LogP contribution < -0.4 is 9.62 Å². The third kappa shape index (κ3) is 1.94. The molecule has 1 atom stereocenters. The van der Waals surface area contributed by atoms with E-state index in [-0.39, 0.29) is 11.9 Å². The van der Waals surface area contributed by atoms with E-state index < -0.39 is 14.8 Å². The molecule has 0 bridgehead atoms. The lowest BCUT2D eigenvalue weighted by atomic mass is 10.0. The van der Waals surface area contributed by atoms with Gasteiger partial charge in [0.05, 0.1) is 5.69 Å². The SMILES string of the molecule is CCNC(C)c1ccccc1N1C(=O)C(C)(C)S1(=O)=O. The second kappa shape index (κ2) is 4.86. The maximum Gasteiger partial charge on any atom is 0.263 e. The van der Waals surface area contributed by atoms with Gasteiger partial charge in [-0.15, -0.1) is 0 Å². The van der Waals surface area contributed by atoms with Crippen LogP contribution >= 0.6 is 0 Å². The van der Waals surface area contributed by atoms with Crippen LogP contribution in [0.25, 0.3) is 0 Å². The van der Waals surface area contributed by atoms with Gasteiger partial charge in [0.25, 0.3) is 15.9 Å². The van der Waals surface area contributed by atoms with Crippen molar-refractivity contribution in [3.05, 3.63) is 29.8 Å². The van der Waals surface area contributed by atoms with Crippen LogP contribution in [0.2, 0.25) is 0 Å². The monoisotopic (exact) mass is 296 g/mol. The number of nitrogens with one attached hydrogen (secondary N) is 1. The highest BCUT2D eigenvalue weighted by molar-refractivity contribution is 7.98. The Kier molecular flexibility index (Phi) is 3.64. The number of carbonyl (C=O) groups is 1. The van der Waals surface area contributed by atoms with E-state index >= 15 is 0 Å². The van der Waals surface area contributed by atoms with Gasteiger partial charge in [-0.25, -0.2) is 12.7 Å². The Hall–Kier alpha value is -1.40. The van der Waals surface area contributed by atoms with Crippen LogP contribution in [0.5, 0.6) is 0 Å². The molecule has 1 aromatic carbocycles. The summed E-state index contributed by atoms with van der Waals surface area (Å²) in [5.74, 6) is -0.381. The van der Waals surface area contributed by atoms with Crippen molar-refractivity contribution in [2.24, 2.45) is 0 Å². The molecule has 0 saturated carbocycles. The number of sulfonamides is 1. The number of hydrogen-bond acceptors (Lipinski definition) is 4. The van der Waals surface area contributed by atoms with E-state index in [0.29, 0.717) is 5.69 Å². The van der Waals surface area contributed by atoms with E-state index in [0.717, 1.165) is 16.4 Å². The van der Waals surface area contributed by atoms with Crippen LogP contribution in [0.3, 0.4) is 0 Å². The zero-order valence-corrected chi connectivity index (χ0v) is 13.0. The Balaban J connectivity index is 2.48. The lowest BCUT2D eigenvalue weighted by Crippen LogP contribution is -2.68. The van der Waals surface area contributed by atoms with Gasteiger partial charge in [-0.05, 0) is 38.9 Å². The Morgan fingerprint density at radius 2 is 1.90 bits per heavy atom. The number of rotatable bonds is 4. The Morgan fingerprint density at radius 1 is 1.30 bits per heavy atom. The van der Waals surface area contributed by atoms with Gasteiger partial charge in [0.15, 0.2) is 4.75 Å². The van der Waals surface area contributed by atoms with E-state index in [1.54, 1.807) is 12.1 Å². The molecule has 0 aliphatic carbocycles. The van der Waals surface area contributed by atoms with Gasteiger partial charge in [-0.3, -0.25) is 4.79 Å². The molecular weight excluding hydrogens is 276 g/mol. The van der Waals surface area contributed by atoms with Crippen molar-refractivity contribution < 1.29 is 13.2 Å². The number of carbonyl (C=O) groups excluding carboxylic acids is 1. The van der Waals surface area contributed by atoms with Crippen molar-refractivity contribution in [2.75, 3.05) is 10.8 Å². The summed E-state index contributed by atoms with van der Waals surface area (Å²) in [6.07, 6.45) is 0. The Bertz CT molecular complexity index is 638. The molecule has 1 aliphatic heterocycles. The first-order chi connectivity index (χ1) is 9.25. The molecule has 1 fully saturated rings. The highest BCUT2D eigenvalue weighted by Crippen LogP contribution is 2.41. The fourth-order valence-electron chi connectivity index (χ4n) is 2.35. The zero-order valence-electron chi connectivity index (χ0n) is 12.2. The molecule has 1 unspecified atom stereocenters. The van der Waals surface area contributed by atoms with E-state index in [9.17, 15) is 13.2 Å². The predicted molar refractivity (Wildman–Crippen MR) is 79.0 cm³/mol. The van der Waals surface area contributed by atoms with Crippen molar-refractivity contribution >= 4 is 21.6 Å². The second-order valence-electron chi connectivity index (χ2n) is 5.42. The summed E-state index contributed by atoms with van der Waals surface area (Å²) in [5.41, 5.74) is 1.26. The molecule has 110 valence electrons. The average molecular weight is 296 g/mol. The first-order valence-corrected chi connectivity index (χ1v) is 8.10.